The van der Waals surface area contributed by atoms with E-state index >= 15 is 0 Å². The Morgan fingerprint density at radius 1 is 1.18 bits per heavy atom. The zero-order valence-corrected chi connectivity index (χ0v) is 23.8. The number of rotatable bonds is 12. The maximum atomic E-state index is 13.4. The van der Waals surface area contributed by atoms with Gasteiger partial charge < -0.3 is 25.2 Å². The van der Waals surface area contributed by atoms with E-state index < -0.39 is 23.9 Å². The van der Waals surface area contributed by atoms with E-state index in [1.807, 2.05) is 39.8 Å². The Labute approximate surface area is 232 Å². The fourth-order valence-electron chi connectivity index (χ4n) is 4.03. The summed E-state index contributed by atoms with van der Waals surface area (Å²) in [6.45, 7) is 7.70. The summed E-state index contributed by atoms with van der Waals surface area (Å²) in [5.41, 5.74) is 8.05. The van der Waals surface area contributed by atoms with Gasteiger partial charge in [0.15, 0.2) is 23.9 Å². The Balaban J connectivity index is 0.00000507. The summed E-state index contributed by atoms with van der Waals surface area (Å²) in [4.78, 5) is 42.0. The van der Waals surface area contributed by atoms with Crippen molar-refractivity contribution in [3.8, 4) is 11.5 Å². The zero-order valence-electron chi connectivity index (χ0n) is 22.1. The summed E-state index contributed by atoms with van der Waals surface area (Å²) in [5, 5.41) is 17.7. The van der Waals surface area contributed by atoms with Crippen molar-refractivity contribution in [2.24, 2.45) is 5.73 Å². The molecule has 0 unspecified atom stereocenters. The van der Waals surface area contributed by atoms with Gasteiger partial charge in [0.05, 0.1) is 13.2 Å². The van der Waals surface area contributed by atoms with E-state index in [1.54, 1.807) is 11.0 Å². The van der Waals surface area contributed by atoms with Gasteiger partial charge in [-0.1, -0.05) is 33.8 Å². The molecule has 206 valence electrons. The molecule has 0 saturated heterocycles. The zero-order chi connectivity index (χ0) is 27.3. The number of carboxylic acid groups (broad SMARTS) is 1. The topological polar surface area (TPSA) is 156 Å². The van der Waals surface area contributed by atoms with E-state index in [-0.39, 0.29) is 59.7 Å². The second kappa shape index (κ2) is 12.9. The lowest BCUT2D eigenvalue weighted by atomic mass is 9.84. The van der Waals surface area contributed by atoms with E-state index in [4.69, 9.17) is 25.7 Å². The van der Waals surface area contributed by atoms with Crippen LogP contribution in [-0.2, 0) is 28.0 Å². The second-order valence-electron chi connectivity index (χ2n) is 9.99. The van der Waals surface area contributed by atoms with E-state index in [9.17, 15) is 14.4 Å². The number of ketones is 1. The number of pyridine rings is 1. The second-order valence-corrected chi connectivity index (χ2v) is 9.99. The molecule has 1 aliphatic heterocycles. The molecule has 1 aromatic carbocycles. The summed E-state index contributed by atoms with van der Waals surface area (Å²) in [6, 6.07) is 7.10. The minimum atomic E-state index is -1.15. The molecule has 0 bridgehead atoms. The van der Waals surface area contributed by atoms with Crippen LogP contribution in [0, 0.1) is 5.41 Å². The van der Waals surface area contributed by atoms with Crippen LogP contribution < -0.4 is 15.2 Å². The molecule has 0 radical (unpaired) electrons. The SMILES string of the molecule is Br.CCc1ccc2c(n1)C(=N)N(CC(=O)c1cc(OCCCC(N)=O)c(OCC(=O)O)c(C(C)(C)C)c1)C2. The predicted octanol–water partition coefficient (Wildman–Crippen LogP) is 3.65. The van der Waals surface area contributed by atoms with Crippen molar-refractivity contribution in [2.45, 2.75) is 58.9 Å². The number of carboxylic acids is 1. The predicted molar refractivity (Wildman–Crippen MR) is 148 cm³/mol. The number of hydrogen-bond acceptors (Lipinski definition) is 7. The molecule has 11 heteroatoms. The highest BCUT2D eigenvalue weighted by atomic mass is 79.9. The quantitative estimate of drug-likeness (QED) is 0.250. The standard InChI is InChI=1S/C27H34N4O6.BrH/c1-5-18-9-8-16-13-31(26(29)24(16)30-18)14-20(32)17-11-19(27(2,3)4)25(37-15-23(34)35)21(12-17)36-10-6-7-22(28)33;/h8-9,11-12,29H,5-7,10,13-15H2,1-4H3,(H2,28,33)(H,34,35);1H. The normalized spacial score (nSPS) is 12.5. The fraction of sp³-hybridized carbons (Fsp3) is 0.444. The lowest BCUT2D eigenvalue weighted by molar-refractivity contribution is -0.139. The van der Waals surface area contributed by atoms with Gasteiger partial charge in [-0.15, -0.1) is 17.0 Å². The first-order valence-electron chi connectivity index (χ1n) is 12.2. The van der Waals surface area contributed by atoms with Gasteiger partial charge >= 0.3 is 5.97 Å². The van der Waals surface area contributed by atoms with Gasteiger partial charge in [0.2, 0.25) is 5.91 Å². The molecule has 38 heavy (non-hydrogen) atoms. The summed E-state index contributed by atoms with van der Waals surface area (Å²) < 4.78 is 11.5. The summed E-state index contributed by atoms with van der Waals surface area (Å²) in [6.07, 6.45) is 1.24. The summed E-state index contributed by atoms with van der Waals surface area (Å²) >= 11 is 0. The molecule has 3 rings (SSSR count). The van der Waals surface area contributed by atoms with Crippen molar-refractivity contribution < 1.29 is 29.0 Å². The van der Waals surface area contributed by atoms with Crippen LogP contribution in [0.25, 0.3) is 0 Å². The maximum absolute atomic E-state index is 13.4. The molecule has 4 N–H and O–H groups in total. The van der Waals surface area contributed by atoms with Crippen LogP contribution in [0.3, 0.4) is 0 Å². The summed E-state index contributed by atoms with van der Waals surface area (Å²) in [7, 11) is 0. The first-order valence-corrected chi connectivity index (χ1v) is 12.2. The molecule has 2 heterocycles. The van der Waals surface area contributed by atoms with E-state index in [0.29, 0.717) is 29.8 Å². The number of aromatic nitrogens is 1. The minimum Gasteiger partial charge on any atom is -0.490 e. The van der Waals surface area contributed by atoms with Crippen molar-refractivity contribution in [2.75, 3.05) is 19.8 Å². The number of nitrogens with one attached hydrogen (secondary N) is 1. The van der Waals surface area contributed by atoms with E-state index in [2.05, 4.69) is 4.98 Å². The minimum absolute atomic E-state index is 0. The number of ether oxygens (including phenoxy) is 2. The fourth-order valence-corrected chi connectivity index (χ4v) is 4.03. The van der Waals surface area contributed by atoms with Crippen molar-refractivity contribution in [1.82, 2.24) is 9.88 Å². The third-order valence-corrected chi connectivity index (χ3v) is 5.98. The van der Waals surface area contributed by atoms with Crippen LogP contribution in [0.15, 0.2) is 24.3 Å². The number of amidine groups is 1. The van der Waals surface area contributed by atoms with Crippen LogP contribution in [0.5, 0.6) is 11.5 Å². The number of carbonyl (C=O) groups is 3. The number of carbonyl (C=O) groups excluding carboxylic acids is 2. The molecule has 1 aromatic heterocycles. The number of aliphatic carboxylic acids is 1. The highest BCUT2D eigenvalue weighted by molar-refractivity contribution is 8.93. The van der Waals surface area contributed by atoms with Gasteiger partial charge in [0.1, 0.15) is 11.5 Å². The first kappa shape index (κ1) is 30.8. The van der Waals surface area contributed by atoms with Crippen molar-refractivity contribution in [3.05, 3.63) is 52.3 Å². The highest BCUT2D eigenvalue weighted by Gasteiger charge is 2.30. The molecule has 0 spiro atoms. The number of aryl methyl sites for hydroxylation is 1. The molecule has 0 atom stereocenters. The van der Waals surface area contributed by atoms with E-state index in [0.717, 1.165) is 17.7 Å². The number of nitrogens with zero attached hydrogens (tertiary/aromatic N) is 2. The number of Topliss-reactive ketones (excluding diaryl/α,β-unsaturated/α-hetero) is 1. The van der Waals surface area contributed by atoms with Crippen LogP contribution in [0.2, 0.25) is 0 Å². The number of primary amides is 1. The first-order chi connectivity index (χ1) is 17.4. The lowest BCUT2D eigenvalue weighted by Gasteiger charge is -2.26. The van der Waals surface area contributed by atoms with Crippen molar-refractivity contribution in [1.29, 1.82) is 5.41 Å². The molecule has 10 nitrogen and oxygen atoms in total. The molecule has 2 aromatic rings. The summed E-state index contributed by atoms with van der Waals surface area (Å²) in [5.74, 6) is -1.17. The Hall–Kier alpha value is -3.47. The number of amides is 1. The van der Waals surface area contributed by atoms with Crippen LogP contribution in [0.4, 0.5) is 0 Å². The molecule has 0 saturated carbocycles. The molecular formula is C27H35BrN4O6. The smallest absolute Gasteiger partial charge is 0.341 e. The van der Waals surface area contributed by atoms with Crippen molar-refractivity contribution in [3.63, 3.8) is 0 Å². The van der Waals surface area contributed by atoms with Gasteiger partial charge in [0, 0.05) is 35.3 Å². The monoisotopic (exact) mass is 590 g/mol. The van der Waals surface area contributed by atoms with Gasteiger partial charge in [-0.3, -0.25) is 15.0 Å². The van der Waals surface area contributed by atoms with Crippen LogP contribution in [0.1, 0.15) is 73.4 Å². The Bertz CT molecular complexity index is 1220. The third-order valence-electron chi connectivity index (χ3n) is 5.98. The van der Waals surface area contributed by atoms with Gasteiger partial charge in [-0.2, -0.15) is 0 Å². The van der Waals surface area contributed by atoms with Gasteiger partial charge in [-0.25, -0.2) is 9.78 Å². The Morgan fingerprint density at radius 2 is 1.89 bits per heavy atom. The Kier molecular flexibility index (Phi) is 10.4. The number of benzene rings is 1. The highest BCUT2D eigenvalue weighted by Crippen LogP contribution is 2.40. The average molecular weight is 592 g/mol. The molecule has 1 amide bonds. The van der Waals surface area contributed by atoms with Gasteiger partial charge in [-0.05, 0) is 36.5 Å². The third kappa shape index (κ3) is 7.53. The number of fused-ring (bicyclic) bond motifs is 1. The van der Waals surface area contributed by atoms with E-state index in [1.165, 1.54) is 6.07 Å². The molecule has 0 aliphatic carbocycles. The number of halogens is 1. The van der Waals surface area contributed by atoms with Crippen molar-refractivity contribution >= 4 is 40.5 Å². The number of hydrogen-bond donors (Lipinski definition) is 3. The molecule has 0 fully saturated rings. The largest absolute Gasteiger partial charge is 0.490 e. The molecular weight excluding hydrogens is 556 g/mol. The number of nitrogens with two attached hydrogens (primary N) is 1. The maximum Gasteiger partial charge on any atom is 0.341 e. The average Bonchev–Trinajstić information content (AvgIpc) is 3.13. The van der Waals surface area contributed by atoms with Gasteiger partial charge in [0.25, 0.3) is 0 Å². The van der Waals surface area contributed by atoms with Crippen LogP contribution in [-0.4, -0.2) is 58.2 Å². The lowest BCUT2D eigenvalue weighted by Crippen LogP contribution is -2.30. The Morgan fingerprint density at radius 3 is 2.50 bits per heavy atom. The van der Waals surface area contributed by atoms with Crippen LogP contribution >= 0.6 is 17.0 Å². The molecule has 1 aliphatic rings.